The summed E-state index contributed by atoms with van der Waals surface area (Å²) in [7, 11) is 2.43. The fourth-order valence-corrected chi connectivity index (χ4v) is 0.799. The molecule has 0 rings (SSSR count). The van der Waals surface area contributed by atoms with Crippen molar-refractivity contribution in [3.05, 3.63) is 0 Å². The molecule has 0 N–H and O–H groups in total. The minimum absolute atomic E-state index is 0.0323. The summed E-state index contributed by atoms with van der Waals surface area (Å²) < 4.78 is 49.3. The molecule has 10 heteroatoms. The quantitative estimate of drug-likeness (QED) is 0.439. The van der Waals surface area contributed by atoms with E-state index in [1.54, 1.807) is 0 Å². The summed E-state index contributed by atoms with van der Waals surface area (Å²) in [6.07, 6.45) is -1.51. The number of hydrogen-bond acceptors (Lipinski definition) is 8. The molecule has 0 unspecified atom stereocenters. The van der Waals surface area contributed by atoms with Crippen molar-refractivity contribution in [3.8, 4) is 0 Å². The number of rotatable bonds is 10. The smallest absolute Gasteiger partial charge is 0.438 e. The maximum Gasteiger partial charge on any atom is 0.508 e. The number of carbonyl (C=O) groups excluding carboxylic acids is 2. The maximum absolute atomic E-state index is 11.4. The lowest BCUT2D eigenvalue weighted by Crippen LogP contribution is -2.11. The predicted molar refractivity (Wildman–Crippen MR) is 70.3 cm³/mol. The first kappa shape index (κ1) is 22.6. The van der Waals surface area contributed by atoms with E-state index >= 15 is 0 Å². The molecule has 0 spiro atoms. The molecule has 22 heavy (non-hydrogen) atoms. The van der Waals surface area contributed by atoms with Crippen molar-refractivity contribution in [2.24, 2.45) is 0 Å². The summed E-state index contributed by atoms with van der Waals surface area (Å²) in [5.41, 5.74) is 0. The summed E-state index contributed by atoms with van der Waals surface area (Å²) in [6.45, 7) is -0.428. The Morgan fingerprint density at radius 2 is 1.05 bits per heavy atom. The third-order valence-corrected chi connectivity index (χ3v) is 1.67. The Balaban J connectivity index is 0. The third-order valence-electron chi connectivity index (χ3n) is 1.67. The maximum atomic E-state index is 11.4. The van der Waals surface area contributed by atoms with Gasteiger partial charge in [0.2, 0.25) is 0 Å². The van der Waals surface area contributed by atoms with Gasteiger partial charge in [0.15, 0.2) is 0 Å². The summed E-state index contributed by atoms with van der Waals surface area (Å²) >= 11 is 0. The lowest BCUT2D eigenvalue weighted by Gasteiger charge is -2.02. The summed E-state index contributed by atoms with van der Waals surface area (Å²) in [4.78, 5) is 20.5. The second kappa shape index (κ2) is 19.3. The van der Waals surface area contributed by atoms with Gasteiger partial charge in [-0.2, -0.15) is 0 Å². The van der Waals surface area contributed by atoms with Crippen LogP contribution in [0.3, 0.4) is 0 Å². The van der Waals surface area contributed by atoms with Crippen molar-refractivity contribution in [2.45, 2.75) is 0 Å². The molecule has 0 aliphatic rings. The van der Waals surface area contributed by atoms with Crippen molar-refractivity contribution < 1.29 is 46.8 Å². The molecular formula is C12H22F2O8. The topological polar surface area (TPSA) is 89.5 Å². The second-order valence-corrected chi connectivity index (χ2v) is 3.21. The molecule has 0 saturated carbocycles. The average Bonchev–Trinajstić information content (AvgIpc) is 2.54. The van der Waals surface area contributed by atoms with Crippen LogP contribution in [0.2, 0.25) is 0 Å². The molecule has 0 saturated heterocycles. The van der Waals surface area contributed by atoms with E-state index in [0.717, 1.165) is 0 Å². The highest BCUT2D eigenvalue weighted by atomic mass is 19.1. The lowest BCUT2D eigenvalue weighted by atomic mass is 10.7. The molecule has 0 aromatic carbocycles. The molecule has 0 atom stereocenters. The van der Waals surface area contributed by atoms with Crippen LogP contribution in [0.4, 0.5) is 18.4 Å². The van der Waals surface area contributed by atoms with Gasteiger partial charge in [0.25, 0.3) is 0 Å². The van der Waals surface area contributed by atoms with E-state index in [4.69, 9.17) is 0 Å². The molecule has 0 aliphatic carbocycles. The van der Waals surface area contributed by atoms with E-state index in [0.29, 0.717) is 0 Å². The van der Waals surface area contributed by atoms with Crippen LogP contribution >= 0.6 is 0 Å². The van der Waals surface area contributed by atoms with Crippen LogP contribution in [0.25, 0.3) is 0 Å². The molecule has 0 aromatic rings. The largest absolute Gasteiger partial charge is 0.508 e. The highest BCUT2D eigenvalue weighted by Gasteiger charge is 1.98. The van der Waals surface area contributed by atoms with Gasteiger partial charge in [-0.25, -0.2) is 18.4 Å². The van der Waals surface area contributed by atoms with Crippen molar-refractivity contribution in [1.82, 2.24) is 0 Å². The van der Waals surface area contributed by atoms with E-state index in [9.17, 15) is 18.4 Å². The van der Waals surface area contributed by atoms with Crippen LogP contribution in [0.1, 0.15) is 0 Å². The molecule has 8 nitrogen and oxygen atoms in total. The predicted octanol–water partition coefficient (Wildman–Crippen LogP) is 1.51. The normalized spacial score (nSPS) is 9.27. The van der Waals surface area contributed by atoms with E-state index in [-0.39, 0.29) is 39.6 Å². The summed E-state index contributed by atoms with van der Waals surface area (Å²) in [6, 6.07) is 0. The SMILES string of the molecule is COC(=O)OCCOCCF.COC(=O)OCCOCCF. The summed E-state index contributed by atoms with van der Waals surface area (Å²) in [5, 5.41) is 0. The van der Waals surface area contributed by atoms with Crippen molar-refractivity contribution in [2.75, 3.05) is 67.2 Å². The first-order chi connectivity index (χ1) is 10.6. The van der Waals surface area contributed by atoms with Crippen LogP contribution in [-0.2, 0) is 28.4 Å². The van der Waals surface area contributed by atoms with Gasteiger partial charge in [-0.15, -0.1) is 0 Å². The lowest BCUT2D eigenvalue weighted by molar-refractivity contribution is 0.0344. The molecule has 0 fully saturated rings. The van der Waals surface area contributed by atoms with E-state index in [1.165, 1.54) is 14.2 Å². The Bertz CT molecular complexity index is 240. The minimum atomic E-state index is -0.756. The molecular weight excluding hydrogens is 310 g/mol. The van der Waals surface area contributed by atoms with Crippen LogP contribution < -0.4 is 0 Å². The number of alkyl halides is 2. The molecule has 0 bridgehead atoms. The first-order valence-electron chi connectivity index (χ1n) is 6.31. The van der Waals surface area contributed by atoms with Crippen LogP contribution in [-0.4, -0.2) is 79.5 Å². The first-order valence-corrected chi connectivity index (χ1v) is 6.31. The van der Waals surface area contributed by atoms with Crippen molar-refractivity contribution in [1.29, 1.82) is 0 Å². The monoisotopic (exact) mass is 332 g/mol. The molecule has 0 amide bonds. The molecule has 0 aliphatic heterocycles. The van der Waals surface area contributed by atoms with Gasteiger partial charge in [-0.05, 0) is 0 Å². The molecule has 0 heterocycles. The van der Waals surface area contributed by atoms with Gasteiger partial charge >= 0.3 is 12.3 Å². The number of methoxy groups -OCH3 is 2. The van der Waals surface area contributed by atoms with Crippen molar-refractivity contribution in [3.63, 3.8) is 0 Å². The van der Waals surface area contributed by atoms with Gasteiger partial charge in [-0.1, -0.05) is 0 Å². The van der Waals surface area contributed by atoms with E-state index in [2.05, 4.69) is 28.4 Å². The Morgan fingerprint density at radius 1 is 0.682 bits per heavy atom. The molecule has 132 valence electrons. The third kappa shape index (κ3) is 20.6. The number of hydrogen-bond donors (Lipinski definition) is 0. The minimum Gasteiger partial charge on any atom is -0.438 e. The fourth-order valence-electron chi connectivity index (χ4n) is 0.799. The zero-order valence-corrected chi connectivity index (χ0v) is 12.7. The van der Waals surface area contributed by atoms with Gasteiger partial charge in [-0.3, -0.25) is 0 Å². The van der Waals surface area contributed by atoms with Crippen LogP contribution in [0.5, 0.6) is 0 Å². The molecule has 0 aromatic heterocycles. The Morgan fingerprint density at radius 3 is 1.32 bits per heavy atom. The number of halogens is 2. The van der Waals surface area contributed by atoms with Crippen LogP contribution in [0, 0.1) is 0 Å². The van der Waals surface area contributed by atoms with Crippen molar-refractivity contribution >= 4 is 12.3 Å². The highest BCUT2D eigenvalue weighted by molar-refractivity contribution is 5.59. The van der Waals surface area contributed by atoms with Gasteiger partial charge < -0.3 is 28.4 Å². The molecule has 0 radical (unpaired) electrons. The van der Waals surface area contributed by atoms with Gasteiger partial charge in [0, 0.05) is 0 Å². The standard InChI is InChI=1S/2C6H11FO4/c2*1-9-6(8)11-5-4-10-3-2-7/h2*2-5H2,1H3. The van der Waals surface area contributed by atoms with Gasteiger partial charge in [0.05, 0.1) is 40.6 Å². The number of ether oxygens (including phenoxy) is 6. The Kier molecular flexibility index (Phi) is 19.8. The second-order valence-electron chi connectivity index (χ2n) is 3.21. The van der Waals surface area contributed by atoms with E-state index < -0.39 is 25.7 Å². The fraction of sp³-hybridized carbons (Fsp3) is 0.833. The Labute approximate surface area is 127 Å². The highest BCUT2D eigenvalue weighted by Crippen LogP contribution is 1.84. The van der Waals surface area contributed by atoms with E-state index in [1.807, 2.05) is 0 Å². The van der Waals surface area contributed by atoms with Gasteiger partial charge in [0.1, 0.15) is 26.6 Å². The Hall–Kier alpha value is -1.68. The average molecular weight is 332 g/mol. The zero-order valence-electron chi connectivity index (χ0n) is 12.7. The number of carbonyl (C=O) groups is 2. The van der Waals surface area contributed by atoms with Crippen LogP contribution in [0.15, 0.2) is 0 Å². The summed E-state index contributed by atoms with van der Waals surface area (Å²) in [5.74, 6) is 0. The zero-order chi connectivity index (χ0) is 17.1.